The van der Waals surface area contributed by atoms with Gasteiger partial charge in [0.05, 0.1) is 13.1 Å². The quantitative estimate of drug-likeness (QED) is 0.926. The molecule has 1 aliphatic rings. The summed E-state index contributed by atoms with van der Waals surface area (Å²) in [4.78, 5) is 26.2. The fraction of sp³-hybridized carbons (Fsp3) is 0.286. The van der Waals surface area contributed by atoms with E-state index in [-0.39, 0.29) is 18.4 Å². The minimum absolute atomic E-state index is 0.0416. The number of nitrogens with zero attached hydrogens (tertiary/aromatic N) is 1. The summed E-state index contributed by atoms with van der Waals surface area (Å²) in [5, 5.41) is 4.44. The van der Waals surface area contributed by atoms with Crippen molar-refractivity contribution >= 4 is 44.8 Å². The van der Waals surface area contributed by atoms with Gasteiger partial charge in [0.1, 0.15) is 6.04 Å². The lowest BCUT2D eigenvalue weighted by Crippen LogP contribution is -2.56. The fourth-order valence-electron chi connectivity index (χ4n) is 2.33. The maximum Gasteiger partial charge on any atom is 0.245 e. The highest BCUT2D eigenvalue weighted by Gasteiger charge is 2.29. The van der Waals surface area contributed by atoms with E-state index < -0.39 is 6.04 Å². The number of piperazine rings is 1. The molecule has 6 heteroatoms. The molecule has 1 saturated heterocycles. The van der Waals surface area contributed by atoms with Gasteiger partial charge in [-0.05, 0) is 30.5 Å². The third kappa shape index (κ3) is 2.51. The van der Waals surface area contributed by atoms with E-state index in [9.17, 15) is 9.59 Å². The van der Waals surface area contributed by atoms with Crippen molar-refractivity contribution in [2.24, 2.45) is 0 Å². The fourth-order valence-corrected chi connectivity index (χ4v) is 3.69. The van der Waals surface area contributed by atoms with Crippen molar-refractivity contribution in [3.05, 3.63) is 34.2 Å². The molecule has 0 saturated carbocycles. The molecule has 1 aromatic heterocycles. The van der Waals surface area contributed by atoms with Crippen LogP contribution in [-0.2, 0) is 16.1 Å². The third-order valence-corrected chi connectivity index (χ3v) is 4.59. The number of nitrogens with one attached hydrogen (secondary N) is 1. The van der Waals surface area contributed by atoms with Gasteiger partial charge in [-0.2, -0.15) is 0 Å². The van der Waals surface area contributed by atoms with Crippen LogP contribution < -0.4 is 5.32 Å². The van der Waals surface area contributed by atoms with Gasteiger partial charge in [0.25, 0.3) is 0 Å². The standard InChI is InChI=1S/C14H13ClN2O2S/c1-8-14(19)17(7-13(18)16-8)6-11-4-9-2-3-10(15)5-12(9)20-11/h2-5,8H,6-7H2,1H3,(H,16,18)/t8-/m1/s1. The Morgan fingerprint density at radius 2 is 2.20 bits per heavy atom. The molecule has 1 N–H and O–H groups in total. The van der Waals surface area contributed by atoms with Crippen LogP contribution in [0.25, 0.3) is 10.1 Å². The van der Waals surface area contributed by atoms with Gasteiger partial charge in [0.2, 0.25) is 11.8 Å². The first-order valence-electron chi connectivity index (χ1n) is 6.29. The van der Waals surface area contributed by atoms with E-state index in [2.05, 4.69) is 5.32 Å². The van der Waals surface area contributed by atoms with Crippen LogP contribution in [0.5, 0.6) is 0 Å². The number of halogens is 1. The number of fused-ring (bicyclic) bond motifs is 1. The topological polar surface area (TPSA) is 49.4 Å². The SMILES string of the molecule is C[C@H]1NC(=O)CN(Cc2cc3ccc(Cl)cc3s2)C1=O. The Morgan fingerprint density at radius 3 is 3.00 bits per heavy atom. The smallest absolute Gasteiger partial charge is 0.245 e. The summed E-state index contributed by atoms with van der Waals surface area (Å²) in [5.74, 6) is -0.152. The van der Waals surface area contributed by atoms with Gasteiger partial charge < -0.3 is 10.2 Å². The normalized spacial score (nSPS) is 19.5. The Labute approximate surface area is 125 Å². The number of benzene rings is 1. The van der Waals surface area contributed by atoms with Crippen LogP contribution in [0.15, 0.2) is 24.3 Å². The predicted molar refractivity (Wildman–Crippen MR) is 79.9 cm³/mol. The van der Waals surface area contributed by atoms with Crippen molar-refractivity contribution < 1.29 is 9.59 Å². The summed E-state index contributed by atoms with van der Waals surface area (Å²) in [6.45, 7) is 2.29. The van der Waals surface area contributed by atoms with Crippen LogP contribution in [0, 0.1) is 0 Å². The van der Waals surface area contributed by atoms with Crippen molar-refractivity contribution in [2.75, 3.05) is 6.54 Å². The summed E-state index contributed by atoms with van der Waals surface area (Å²) < 4.78 is 1.09. The van der Waals surface area contributed by atoms with E-state index in [1.165, 1.54) is 0 Å². The van der Waals surface area contributed by atoms with Gasteiger partial charge in [0, 0.05) is 14.6 Å². The maximum atomic E-state index is 12.0. The second kappa shape index (κ2) is 5.07. The monoisotopic (exact) mass is 308 g/mol. The van der Waals surface area contributed by atoms with Crippen molar-refractivity contribution in [3.8, 4) is 0 Å². The first-order chi connectivity index (χ1) is 9.52. The van der Waals surface area contributed by atoms with Gasteiger partial charge in [-0.1, -0.05) is 17.7 Å². The maximum absolute atomic E-state index is 12.0. The van der Waals surface area contributed by atoms with Crippen LogP contribution in [0.2, 0.25) is 5.02 Å². The van der Waals surface area contributed by atoms with E-state index in [1.807, 2.05) is 24.3 Å². The zero-order valence-electron chi connectivity index (χ0n) is 10.9. The van der Waals surface area contributed by atoms with Crippen molar-refractivity contribution in [3.63, 3.8) is 0 Å². The Hall–Kier alpha value is -1.59. The molecule has 0 unspecified atom stereocenters. The largest absolute Gasteiger partial charge is 0.343 e. The van der Waals surface area contributed by atoms with Gasteiger partial charge >= 0.3 is 0 Å². The van der Waals surface area contributed by atoms with Crippen molar-refractivity contribution in [1.82, 2.24) is 10.2 Å². The van der Waals surface area contributed by atoms with Crippen molar-refractivity contribution in [2.45, 2.75) is 19.5 Å². The molecule has 2 heterocycles. The number of hydrogen-bond donors (Lipinski definition) is 1. The highest BCUT2D eigenvalue weighted by atomic mass is 35.5. The van der Waals surface area contributed by atoms with E-state index in [1.54, 1.807) is 23.2 Å². The molecular weight excluding hydrogens is 296 g/mol. The molecule has 2 amide bonds. The van der Waals surface area contributed by atoms with Gasteiger partial charge in [0.15, 0.2) is 0 Å². The Bertz CT molecular complexity index is 698. The number of carbonyl (C=O) groups is 2. The molecule has 0 spiro atoms. The van der Waals surface area contributed by atoms with Crippen LogP contribution in [0.3, 0.4) is 0 Å². The zero-order valence-corrected chi connectivity index (χ0v) is 12.4. The highest BCUT2D eigenvalue weighted by molar-refractivity contribution is 7.19. The van der Waals surface area contributed by atoms with Crippen LogP contribution in [0.1, 0.15) is 11.8 Å². The average Bonchev–Trinajstić information content (AvgIpc) is 2.76. The molecule has 4 nitrogen and oxygen atoms in total. The number of hydrogen-bond acceptors (Lipinski definition) is 3. The molecule has 20 heavy (non-hydrogen) atoms. The summed E-state index contributed by atoms with van der Waals surface area (Å²) >= 11 is 7.57. The van der Waals surface area contributed by atoms with Crippen LogP contribution >= 0.6 is 22.9 Å². The first kappa shape index (κ1) is 13.4. The molecule has 1 aliphatic heterocycles. The Balaban J connectivity index is 1.85. The zero-order chi connectivity index (χ0) is 14.3. The molecule has 0 radical (unpaired) electrons. The molecule has 1 aromatic carbocycles. The molecular formula is C14H13ClN2O2S. The van der Waals surface area contributed by atoms with Gasteiger partial charge in [-0.3, -0.25) is 9.59 Å². The van der Waals surface area contributed by atoms with Gasteiger partial charge in [-0.15, -0.1) is 11.3 Å². The molecule has 2 aromatic rings. The lowest BCUT2D eigenvalue weighted by atomic mass is 10.2. The Morgan fingerprint density at radius 1 is 1.40 bits per heavy atom. The molecule has 1 atom stereocenters. The minimum Gasteiger partial charge on any atom is -0.343 e. The number of rotatable bonds is 2. The Kier molecular flexibility index (Phi) is 3.40. The summed E-state index contributed by atoms with van der Waals surface area (Å²) in [7, 11) is 0. The van der Waals surface area contributed by atoms with Crippen molar-refractivity contribution in [1.29, 1.82) is 0 Å². The van der Waals surface area contributed by atoms with E-state index >= 15 is 0 Å². The second-order valence-electron chi connectivity index (χ2n) is 4.88. The summed E-state index contributed by atoms with van der Waals surface area (Å²) in [5.41, 5.74) is 0. The van der Waals surface area contributed by atoms with Crippen LogP contribution in [0.4, 0.5) is 0 Å². The lowest BCUT2D eigenvalue weighted by molar-refractivity contribution is -0.144. The van der Waals surface area contributed by atoms with Gasteiger partial charge in [-0.25, -0.2) is 0 Å². The predicted octanol–water partition coefficient (Wildman–Crippen LogP) is 2.40. The lowest BCUT2D eigenvalue weighted by Gasteiger charge is -2.30. The number of thiophene rings is 1. The average molecular weight is 309 g/mol. The van der Waals surface area contributed by atoms with E-state index in [0.717, 1.165) is 15.0 Å². The summed E-state index contributed by atoms with van der Waals surface area (Å²) in [6.07, 6.45) is 0. The first-order valence-corrected chi connectivity index (χ1v) is 7.48. The molecule has 0 bridgehead atoms. The minimum atomic E-state index is -0.444. The third-order valence-electron chi connectivity index (χ3n) is 3.27. The van der Waals surface area contributed by atoms with Crippen LogP contribution in [-0.4, -0.2) is 29.3 Å². The molecule has 0 aliphatic carbocycles. The highest BCUT2D eigenvalue weighted by Crippen LogP contribution is 2.29. The second-order valence-corrected chi connectivity index (χ2v) is 6.48. The number of carbonyl (C=O) groups excluding carboxylic acids is 2. The molecule has 104 valence electrons. The number of amides is 2. The van der Waals surface area contributed by atoms with E-state index in [4.69, 9.17) is 11.6 Å². The molecule has 3 rings (SSSR count). The summed E-state index contributed by atoms with van der Waals surface area (Å²) in [6, 6.07) is 7.33. The van der Waals surface area contributed by atoms with E-state index in [0.29, 0.717) is 11.6 Å². The molecule has 1 fully saturated rings.